The maximum Gasteiger partial charge on any atom is 0.234 e. The monoisotopic (exact) mass is 318 g/mol. The fourth-order valence-corrected chi connectivity index (χ4v) is 3.15. The first-order valence-corrected chi connectivity index (χ1v) is 8.07. The van der Waals surface area contributed by atoms with Gasteiger partial charge >= 0.3 is 0 Å². The molecule has 0 spiro atoms. The van der Waals surface area contributed by atoms with Crippen LogP contribution in [0.4, 0.5) is 0 Å². The van der Waals surface area contributed by atoms with Gasteiger partial charge in [-0.05, 0) is 11.1 Å². The Morgan fingerprint density at radius 1 is 0.875 bits per heavy atom. The van der Waals surface area contributed by atoms with Crippen molar-refractivity contribution in [1.29, 1.82) is 0 Å². The van der Waals surface area contributed by atoms with Crippen LogP contribution in [-0.2, 0) is 4.79 Å². The number of rotatable bonds is 4. The summed E-state index contributed by atoms with van der Waals surface area (Å²) in [7, 11) is 0. The van der Waals surface area contributed by atoms with E-state index in [1.165, 1.54) is 0 Å². The molecular formula is C19H18N4O. The zero-order valence-electron chi connectivity index (χ0n) is 13.2. The van der Waals surface area contributed by atoms with E-state index in [1.54, 1.807) is 17.2 Å². The molecule has 0 atom stereocenters. The van der Waals surface area contributed by atoms with Crippen molar-refractivity contribution < 1.29 is 4.79 Å². The molecule has 0 radical (unpaired) electrons. The Morgan fingerprint density at radius 3 is 1.88 bits per heavy atom. The molecule has 1 aliphatic heterocycles. The minimum Gasteiger partial charge on any atom is -0.337 e. The van der Waals surface area contributed by atoms with Crippen LogP contribution in [0.3, 0.4) is 0 Å². The highest BCUT2D eigenvalue weighted by Gasteiger charge is 2.37. The molecule has 24 heavy (non-hydrogen) atoms. The van der Waals surface area contributed by atoms with Gasteiger partial charge in [0.1, 0.15) is 6.04 Å². The second-order valence-electron chi connectivity index (χ2n) is 6.00. The molecule has 1 fully saturated rings. The van der Waals surface area contributed by atoms with Crippen molar-refractivity contribution in [3.05, 3.63) is 84.2 Å². The molecule has 5 nitrogen and oxygen atoms in total. The number of benzene rings is 2. The summed E-state index contributed by atoms with van der Waals surface area (Å²) in [4.78, 5) is 16.7. The Morgan fingerprint density at radius 2 is 1.38 bits per heavy atom. The van der Waals surface area contributed by atoms with Gasteiger partial charge in [-0.3, -0.25) is 4.79 Å². The third kappa shape index (κ3) is 2.69. The van der Waals surface area contributed by atoms with Gasteiger partial charge in [-0.2, -0.15) is 15.0 Å². The lowest BCUT2D eigenvalue weighted by molar-refractivity contribution is -0.138. The summed E-state index contributed by atoms with van der Waals surface area (Å²) < 4.78 is 0. The summed E-state index contributed by atoms with van der Waals surface area (Å²) in [6.45, 7) is 1.31. The second kappa shape index (κ2) is 6.28. The van der Waals surface area contributed by atoms with Gasteiger partial charge in [0.25, 0.3) is 0 Å². The Bertz CT molecular complexity index is 756. The maximum atomic E-state index is 13.1. The highest BCUT2D eigenvalue weighted by atomic mass is 16.2. The lowest BCUT2D eigenvalue weighted by Gasteiger charge is -2.40. The second-order valence-corrected chi connectivity index (χ2v) is 6.00. The van der Waals surface area contributed by atoms with Gasteiger partial charge in [-0.15, -0.1) is 0 Å². The minimum atomic E-state index is -0.265. The molecule has 120 valence electrons. The molecule has 0 bridgehead atoms. The van der Waals surface area contributed by atoms with E-state index < -0.39 is 0 Å². The number of carbonyl (C=O) groups excluding carboxylic acids is 1. The van der Waals surface area contributed by atoms with Gasteiger partial charge in [-0.25, -0.2) is 0 Å². The maximum absolute atomic E-state index is 13.1. The van der Waals surface area contributed by atoms with E-state index in [9.17, 15) is 4.79 Å². The average Bonchev–Trinajstić information content (AvgIpc) is 3.10. The van der Waals surface area contributed by atoms with E-state index in [1.807, 2.05) is 65.6 Å². The van der Waals surface area contributed by atoms with E-state index in [0.29, 0.717) is 13.1 Å². The number of likely N-dealkylation sites (tertiary alicyclic amines) is 1. The number of hydrogen-bond donors (Lipinski definition) is 0. The normalized spacial score (nSPS) is 14.6. The third-order valence-corrected chi connectivity index (χ3v) is 4.45. The van der Waals surface area contributed by atoms with Crippen LogP contribution in [-0.4, -0.2) is 38.9 Å². The smallest absolute Gasteiger partial charge is 0.234 e. The molecule has 0 aliphatic carbocycles. The summed E-state index contributed by atoms with van der Waals surface area (Å²) >= 11 is 0. The van der Waals surface area contributed by atoms with E-state index in [-0.39, 0.29) is 17.9 Å². The van der Waals surface area contributed by atoms with Crippen LogP contribution < -0.4 is 0 Å². The van der Waals surface area contributed by atoms with E-state index in [2.05, 4.69) is 10.2 Å². The first kappa shape index (κ1) is 14.6. The molecule has 0 saturated carbocycles. The molecule has 2 heterocycles. The van der Waals surface area contributed by atoms with Crippen LogP contribution >= 0.6 is 0 Å². The van der Waals surface area contributed by atoms with Gasteiger partial charge in [-0.1, -0.05) is 60.7 Å². The van der Waals surface area contributed by atoms with Crippen LogP contribution in [0.1, 0.15) is 23.1 Å². The molecule has 1 aromatic heterocycles. The van der Waals surface area contributed by atoms with Crippen molar-refractivity contribution in [3.63, 3.8) is 0 Å². The molecule has 0 N–H and O–H groups in total. The standard InChI is InChI=1S/C19H18N4O/c24-19(22-13-17(14-22)23-20-11-12-21-23)18(15-7-3-1-4-8-15)16-9-5-2-6-10-16/h1-12,17-18H,13-14H2. The largest absolute Gasteiger partial charge is 0.337 e. The minimum absolute atomic E-state index is 0.135. The fourth-order valence-electron chi connectivity index (χ4n) is 3.15. The molecule has 2 aromatic carbocycles. The molecule has 3 aromatic rings. The molecule has 1 amide bonds. The van der Waals surface area contributed by atoms with Gasteiger partial charge in [0.15, 0.2) is 0 Å². The number of nitrogens with zero attached hydrogens (tertiary/aromatic N) is 4. The molecule has 0 unspecified atom stereocenters. The topological polar surface area (TPSA) is 51.0 Å². The van der Waals surface area contributed by atoms with Gasteiger partial charge in [0.2, 0.25) is 5.91 Å². The SMILES string of the molecule is O=C(C(c1ccccc1)c1ccccc1)N1CC(n2nccn2)C1. The van der Waals surface area contributed by atoms with Crippen molar-refractivity contribution in [1.82, 2.24) is 19.9 Å². The van der Waals surface area contributed by atoms with E-state index in [4.69, 9.17) is 0 Å². The van der Waals surface area contributed by atoms with Gasteiger partial charge < -0.3 is 4.90 Å². The zero-order chi connectivity index (χ0) is 16.4. The Hall–Kier alpha value is -2.95. The summed E-state index contributed by atoms with van der Waals surface area (Å²) in [5, 5.41) is 8.32. The third-order valence-electron chi connectivity index (χ3n) is 4.45. The number of amides is 1. The van der Waals surface area contributed by atoms with Crippen LogP contribution in [0.5, 0.6) is 0 Å². The van der Waals surface area contributed by atoms with Crippen LogP contribution in [0.25, 0.3) is 0 Å². The Labute approximate surface area is 140 Å². The summed E-state index contributed by atoms with van der Waals surface area (Å²) in [5.74, 6) is -0.130. The van der Waals surface area contributed by atoms with Crippen LogP contribution in [0.15, 0.2) is 73.1 Å². The van der Waals surface area contributed by atoms with Crippen molar-refractivity contribution in [2.24, 2.45) is 0 Å². The van der Waals surface area contributed by atoms with Crippen molar-refractivity contribution in [2.45, 2.75) is 12.0 Å². The molecule has 1 saturated heterocycles. The predicted molar refractivity (Wildman–Crippen MR) is 90.4 cm³/mol. The first-order valence-electron chi connectivity index (χ1n) is 8.07. The summed E-state index contributed by atoms with van der Waals surface area (Å²) in [5.41, 5.74) is 2.05. The quantitative estimate of drug-likeness (QED) is 0.742. The number of hydrogen-bond acceptors (Lipinski definition) is 3. The number of aromatic nitrogens is 3. The lowest BCUT2D eigenvalue weighted by Crippen LogP contribution is -2.52. The summed E-state index contributed by atoms with van der Waals surface area (Å²) in [6, 6.07) is 20.1. The highest BCUT2D eigenvalue weighted by molar-refractivity contribution is 5.87. The Kier molecular flexibility index (Phi) is 3.83. The zero-order valence-corrected chi connectivity index (χ0v) is 13.2. The van der Waals surface area contributed by atoms with Crippen molar-refractivity contribution in [2.75, 3.05) is 13.1 Å². The van der Waals surface area contributed by atoms with Gasteiger partial charge in [0, 0.05) is 13.1 Å². The molecule has 1 aliphatic rings. The summed E-state index contributed by atoms with van der Waals surface area (Å²) in [6.07, 6.45) is 3.34. The van der Waals surface area contributed by atoms with Crippen LogP contribution in [0.2, 0.25) is 0 Å². The molecule has 5 heteroatoms. The molecular weight excluding hydrogens is 300 g/mol. The Balaban J connectivity index is 1.57. The average molecular weight is 318 g/mol. The van der Waals surface area contributed by atoms with E-state index >= 15 is 0 Å². The molecule has 4 rings (SSSR count). The van der Waals surface area contributed by atoms with Crippen LogP contribution in [0, 0.1) is 0 Å². The van der Waals surface area contributed by atoms with E-state index in [0.717, 1.165) is 11.1 Å². The van der Waals surface area contributed by atoms with Crippen molar-refractivity contribution >= 4 is 5.91 Å². The van der Waals surface area contributed by atoms with Crippen molar-refractivity contribution in [3.8, 4) is 0 Å². The number of carbonyl (C=O) groups is 1. The first-order chi connectivity index (χ1) is 11.8. The highest BCUT2D eigenvalue weighted by Crippen LogP contribution is 2.30. The van der Waals surface area contributed by atoms with Gasteiger partial charge in [0.05, 0.1) is 18.3 Å². The predicted octanol–water partition coefficient (Wildman–Crippen LogP) is 2.49. The lowest BCUT2D eigenvalue weighted by atomic mass is 9.89. The fraction of sp³-hybridized carbons (Fsp3) is 0.211.